The standard InChI is InChI=1S/C15H12F2N2O2/c1-7-2-4-9(16)12(13(7)17)14(18)8-3-5-10-11(6-8)21-15(20)19-10/h2-6,14H,18H2,1H3,(H,19,20). The molecule has 0 radical (unpaired) electrons. The zero-order valence-corrected chi connectivity index (χ0v) is 11.1. The van der Waals surface area contributed by atoms with Gasteiger partial charge in [0.1, 0.15) is 11.6 Å². The number of benzene rings is 2. The SMILES string of the molecule is Cc1ccc(F)c(C(N)c2ccc3[nH]c(=O)oc3c2)c1F. The number of halogens is 2. The number of fused-ring (bicyclic) bond motifs is 1. The molecule has 0 bridgehead atoms. The fraction of sp³-hybridized carbons (Fsp3) is 0.133. The Morgan fingerprint density at radius 2 is 2.00 bits per heavy atom. The van der Waals surface area contributed by atoms with Crippen LogP contribution in [0.4, 0.5) is 8.78 Å². The van der Waals surface area contributed by atoms with Gasteiger partial charge in [-0.3, -0.25) is 4.98 Å². The molecule has 3 rings (SSSR count). The quantitative estimate of drug-likeness (QED) is 0.762. The Morgan fingerprint density at radius 3 is 2.76 bits per heavy atom. The van der Waals surface area contributed by atoms with E-state index < -0.39 is 23.4 Å². The molecule has 0 aliphatic heterocycles. The number of aromatic amines is 1. The van der Waals surface area contributed by atoms with Crippen LogP contribution in [0, 0.1) is 18.6 Å². The van der Waals surface area contributed by atoms with Gasteiger partial charge in [-0.1, -0.05) is 12.1 Å². The molecule has 0 aliphatic carbocycles. The predicted octanol–water partition coefficient (Wildman–Crippen LogP) is 2.76. The minimum absolute atomic E-state index is 0.202. The minimum atomic E-state index is -0.991. The third-order valence-electron chi connectivity index (χ3n) is 3.43. The van der Waals surface area contributed by atoms with Gasteiger partial charge in [0.05, 0.1) is 11.6 Å². The molecule has 1 aromatic heterocycles. The van der Waals surface area contributed by atoms with Gasteiger partial charge in [-0.05, 0) is 36.2 Å². The molecule has 108 valence electrons. The molecular weight excluding hydrogens is 278 g/mol. The van der Waals surface area contributed by atoms with Crippen molar-refractivity contribution in [3.8, 4) is 0 Å². The highest BCUT2D eigenvalue weighted by Crippen LogP contribution is 2.28. The van der Waals surface area contributed by atoms with Crippen molar-refractivity contribution in [1.29, 1.82) is 0 Å². The van der Waals surface area contributed by atoms with E-state index in [1.165, 1.54) is 18.2 Å². The van der Waals surface area contributed by atoms with Crippen LogP contribution in [-0.2, 0) is 0 Å². The maximum Gasteiger partial charge on any atom is 0.417 e. The average molecular weight is 290 g/mol. The van der Waals surface area contributed by atoms with Gasteiger partial charge in [-0.2, -0.15) is 0 Å². The molecule has 4 nitrogen and oxygen atoms in total. The van der Waals surface area contributed by atoms with E-state index in [4.69, 9.17) is 10.2 Å². The van der Waals surface area contributed by atoms with Crippen molar-refractivity contribution < 1.29 is 13.2 Å². The Kier molecular flexibility index (Phi) is 3.10. The van der Waals surface area contributed by atoms with Crippen LogP contribution < -0.4 is 11.5 Å². The van der Waals surface area contributed by atoms with Gasteiger partial charge in [0.25, 0.3) is 0 Å². The van der Waals surface area contributed by atoms with Crippen LogP contribution in [0.15, 0.2) is 39.5 Å². The second-order valence-electron chi connectivity index (χ2n) is 4.84. The predicted molar refractivity (Wildman–Crippen MR) is 74.0 cm³/mol. The molecule has 0 saturated heterocycles. The van der Waals surface area contributed by atoms with Crippen LogP contribution in [0.2, 0.25) is 0 Å². The summed E-state index contributed by atoms with van der Waals surface area (Å²) < 4.78 is 32.9. The number of hydrogen-bond donors (Lipinski definition) is 2. The lowest BCUT2D eigenvalue weighted by atomic mass is 9.96. The average Bonchev–Trinajstić information content (AvgIpc) is 2.82. The molecule has 3 aromatic rings. The first-order valence-corrected chi connectivity index (χ1v) is 6.30. The Balaban J connectivity index is 2.14. The molecule has 1 atom stereocenters. The normalized spacial score (nSPS) is 12.8. The van der Waals surface area contributed by atoms with Crippen molar-refractivity contribution in [2.45, 2.75) is 13.0 Å². The summed E-state index contributed by atoms with van der Waals surface area (Å²) in [5.74, 6) is -1.97. The van der Waals surface area contributed by atoms with E-state index in [0.717, 1.165) is 0 Å². The molecule has 1 unspecified atom stereocenters. The summed E-state index contributed by atoms with van der Waals surface area (Å²) >= 11 is 0. The van der Waals surface area contributed by atoms with Gasteiger partial charge < -0.3 is 10.2 Å². The summed E-state index contributed by atoms with van der Waals surface area (Å²) in [4.78, 5) is 13.6. The molecule has 6 heteroatoms. The topological polar surface area (TPSA) is 72.0 Å². The Morgan fingerprint density at radius 1 is 1.24 bits per heavy atom. The number of H-pyrrole nitrogens is 1. The summed E-state index contributed by atoms with van der Waals surface area (Å²) in [6.07, 6.45) is 0. The van der Waals surface area contributed by atoms with Gasteiger partial charge in [0.15, 0.2) is 5.58 Å². The molecule has 0 fully saturated rings. The number of nitrogens with two attached hydrogens (primary N) is 1. The van der Waals surface area contributed by atoms with E-state index in [9.17, 15) is 13.6 Å². The number of hydrogen-bond acceptors (Lipinski definition) is 3. The maximum absolute atomic E-state index is 14.1. The fourth-order valence-corrected chi connectivity index (χ4v) is 2.29. The first-order chi connectivity index (χ1) is 9.97. The third kappa shape index (κ3) is 2.23. The Hall–Kier alpha value is -2.47. The van der Waals surface area contributed by atoms with E-state index in [-0.39, 0.29) is 5.56 Å². The number of rotatable bonds is 2. The highest BCUT2D eigenvalue weighted by atomic mass is 19.1. The van der Waals surface area contributed by atoms with Crippen LogP contribution in [0.5, 0.6) is 0 Å². The molecule has 21 heavy (non-hydrogen) atoms. The van der Waals surface area contributed by atoms with Gasteiger partial charge in [0.2, 0.25) is 0 Å². The molecule has 1 heterocycles. The van der Waals surface area contributed by atoms with Crippen LogP contribution in [0.3, 0.4) is 0 Å². The smallest absolute Gasteiger partial charge is 0.408 e. The van der Waals surface area contributed by atoms with E-state index in [1.807, 2.05) is 0 Å². The van der Waals surface area contributed by atoms with Crippen LogP contribution in [0.25, 0.3) is 11.1 Å². The van der Waals surface area contributed by atoms with Crippen molar-refractivity contribution in [3.05, 3.63) is 69.2 Å². The number of oxazole rings is 1. The number of nitrogens with one attached hydrogen (secondary N) is 1. The Labute approximate surface area is 118 Å². The molecule has 3 N–H and O–H groups in total. The van der Waals surface area contributed by atoms with E-state index in [0.29, 0.717) is 22.2 Å². The minimum Gasteiger partial charge on any atom is -0.408 e. The first-order valence-electron chi connectivity index (χ1n) is 6.30. The zero-order valence-electron chi connectivity index (χ0n) is 11.1. The highest BCUT2D eigenvalue weighted by Gasteiger charge is 2.20. The summed E-state index contributed by atoms with van der Waals surface area (Å²) in [7, 11) is 0. The Bertz CT molecular complexity index is 883. The van der Waals surface area contributed by atoms with Crippen LogP contribution in [-0.4, -0.2) is 4.98 Å². The summed E-state index contributed by atoms with van der Waals surface area (Å²) in [5.41, 5.74) is 7.34. The van der Waals surface area contributed by atoms with Crippen molar-refractivity contribution in [2.24, 2.45) is 5.73 Å². The summed E-state index contributed by atoms with van der Waals surface area (Å²) in [6.45, 7) is 1.54. The molecule has 0 amide bonds. The van der Waals surface area contributed by atoms with Gasteiger partial charge in [0, 0.05) is 5.56 Å². The second-order valence-corrected chi connectivity index (χ2v) is 4.84. The van der Waals surface area contributed by atoms with Gasteiger partial charge in [-0.25, -0.2) is 13.6 Å². The lowest BCUT2D eigenvalue weighted by Gasteiger charge is -2.15. The molecular formula is C15H12F2N2O2. The fourth-order valence-electron chi connectivity index (χ4n) is 2.29. The van der Waals surface area contributed by atoms with Gasteiger partial charge in [-0.15, -0.1) is 0 Å². The van der Waals surface area contributed by atoms with E-state index in [1.54, 1.807) is 19.1 Å². The first kappa shape index (κ1) is 13.5. The van der Waals surface area contributed by atoms with Crippen LogP contribution in [0.1, 0.15) is 22.7 Å². The van der Waals surface area contributed by atoms with E-state index in [2.05, 4.69) is 4.98 Å². The largest absolute Gasteiger partial charge is 0.417 e. The second kappa shape index (κ2) is 4.82. The molecule has 2 aromatic carbocycles. The molecule has 0 aliphatic rings. The molecule has 0 saturated carbocycles. The van der Waals surface area contributed by atoms with Crippen molar-refractivity contribution >= 4 is 11.1 Å². The molecule has 0 spiro atoms. The summed E-state index contributed by atoms with van der Waals surface area (Å²) in [6, 6.07) is 6.23. The monoisotopic (exact) mass is 290 g/mol. The van der Waals surface area contributed by atoms with Crippen molar-refractivity contribution in [1.82, 2.24) is 4.98 Å². The number of aryl methyl sites for hydroxylation is 1. The maximum atomic E-state index is 14.1. The van der Waals surface area contributed by atoms with Gasteiger partial charge >= 0.3 is 5.76 Å². The lowest BCUT2D eigenvalue weighted by Crippen LogP contribution is -2.16. The lowest BCUT2D eigenvalue weighted by molar-refractivity contribution is 0.536. The van der Waals surface area contributed by atoms with Crippen molar-refractivity contribution in [3.63, 3.8) is 0 Å². The third-order valence-corrected chi connectivity index (χ3v) is 3.43. The number of aromatic nitrogens is 1. The zero-order chi connectivity index (χ0) is 15.1. The van der Waals surface area contributed by atoms with Crippen molar-refractivity contribution in [2.75, 3.05) is 0 Å². The van der Waals surface area contributed by atoms with Crippen LogP contribution >= 0.6 is 0 Å². The highest BCUT2D eigenvalue weighted by molar-refractivity contribution is 5.73. The summed E-state index contributed by atoms with van der Waals surface area (Å²) in [5, 5.41) is 0. The van der Waals surface area contributed by atoms with E-state index >= 15 is 0 Å².